The van der Waals surface area contributed by atoms with Crippen LogP contribution in [0.5, 0.6) is 0 Å². The number of H-pyrrole nitrogens is 1. The van der Waals surface area contributed by atoms with E-state index in [9.17, 15) is 9.90 Å². The lowest BCUT2D eigenvalue weighted by Crippen LogP contribution is -2.49. The van der Waals surface area contributed by atoms with E-state index in [0.29, 0.717) is 37.1 Å². The van der Waals surface area contributed by atoms with Crippen LogP contribution < -0.4 is 4.90 Å². The molecule has 1 aromatic carbocycles. The third-order valence-corrected chi connectivity index (χ3v) is 5.42. The van der Waals surface area contributed by atoms with Gasteiger partial charge in [0.05, 0.1) is 4.47 Å². The van der Waals surface area contributed by atoms with Crippen LogP contribution in [0.25, 0.3) is 10.9 Å². The maximum atomic E-state index is 12.1. The zero-order chi connectivity index (χ0) is 19.0. The van der Waals surface area contributed by atoms with Gasteiger partial charge in [-0.05, 0) is 34.1 Å². The third-order valence-electron chi connectivity index (χ3n) is 4.77. The van der Waals surface area contributed by atoms with E-state index in [2.05, 4.69) is 35.8 Å². The van der Waals surface area contributed by atoms with Crippen molar-refractivity contribution in [2.24, 2.45) is 0 Å². The molecule has 2 aromatic heterocycles. The molecule has 27 heavy (non-hydrogen) atoms. The van der Waals surface area contributed by atoms with Gasteiger partial charge in [0.15, 0.2) is 0 Å². The van der Waals surface area contributed by atoms with E-state index >= 15 is 0 Å². The average Bonchev–Trinajstić information content (AvgIpc) is 3.06. The van der Waals surface area contributed by atoms with Crippen molar-refractivity contribution < 1.29 is 9.90 Å². The number of nitrogens with zero attached hydrogens (tertiary/aromatic N) is 4. The zero-order valence-electron chi connectivity index (χ0n) is 14.3. The number of aliphatic carboxylic acids is 1. The number of rotatable bonds is 4. The summed E-state index contributed by atoms with van der Waals surface area (Å²) < 4.78 is 0.828. The van der Waals surface area contributed by atoms with Gasteiger partial charge in [0.2, 0.25) is 5.95 Å². The van der Waals surface area contributed by atoms with Crippen LogP contribution in [0.3, 0.4) is 0 Å². The van der Waals surface area contributed by atoms with Crippen molar-refractivity contribution in [3.63, 3.8) is 0 Å². The molecule has 2 N–H and O–H groups in total. The molecule has 0 unspecified atom stereocenters. The Kier molecular flexibility index (Phi) is 5.03. The fraction of sp³-hybridized carbons (Fsp3) is 0.278. The smallest absolute Gasteiger partial charge is 0.325 e. The molecular formula is C18H17BrClN5O2. The highest BCUT2D eigenvalue weighted by molar-refractivity contribution is 9.10. The summed E-state index contributed by atoms with van der Waals surface area (Å²) in [6.45, 7) is 2.52. The van der Waals surface area contributed by atoms with E-state index < -0.39 is 12.0 Å². The number of anilines is 1. The molecule has 0 spiro atoms. The summed E-state index contributed by atoms with van der Waals surface area (Å²) in [7, 11) is 0. The molecule has 4 rings (SSSR count). The Labute approximate surface area is 169 Å². The van der Waals surface area contributed by atoms with Crippen LogP contribution in [-0.2, 0) is 4.79 Å². The monoisotopic (exact) mass is 449 g/mol. The minimum absolute atomic E-state index is 0.588. The van der Waals surface area contributed by atoms with Crippen molar-refractivity contribution >= 4 is 50.4 Å². The summed E-state index contributed by atoms with van der Waals surface area (Å²) >= 11 is 9.45. The van der Waals surface area contributed by atoms with Gasteiger partial charge in [0, 0.05) is 66.3 Å². The minimum Gasteiger partial charge on any atom is -0.480 e. The molecule has 9 heteroatoms. The fourth-order valence-electron chi connectivity index (χ4n) is 3.48. The number of piperazine rings is 1. The van der Waals surface area contributed by atoms with E-state index in [4.69, 9.17) is 11.6 Å². The second-order valence-corrected chi connectivity index (χ2v) is 7.75. The molecule has 3 heterocycles. The number of fused-ring (bicyclic) bond motifs is 1. The molecule has 0 saturated carbocycles. The number of carbonyl (C=O) groups is 1. The molecule has 1 aliphatic heterocycles. The second kappa shape index (κ2) is 7.46. The van der Waals surface area contributed by atoms with E-state index in [1.165, 1.54) is 0 Å². The van der Waals surface area contributed by atoms with Gasteiger partial charge in [-0.25, -0.2) is 9.97 Å². The predicted molar refractivity (Wildman–Crippen MR) is 107 cm³/mol. The number of benzene rings is 1. The molecule has 140 valence electrons. The van der Waals surface area contributed by atoms with Crippen LogP contribution in [0, 0.1) is 0 Å². The highest BCUT2D eigenvalue weighted by Gasteiger charge is 2.32. The molecule has 0 amide bonds. The van der Waals surface area contributed by atoms with E-state index in [0.717, 1.165) is 20.9 Å². The van der Waals surface area contributed by atoms with Crippen LogP contribution in [0.15, 0.2) is 41.3 Å². The SMILES string of the molecule is O=C(O)[C@H](c1c[nH]c2ccc(Cl)cc12)N1CCN(c2ncc(Br)cn2)CC1. The van der Waals surface area contributed by atoms with Crippen molar-refractivity contribution in [1.82, 2.24) is 19.9 Å². The fourth-order valence-corrected chi connectivity index (χ4v) is 3.85. The van der Waals surface area contributed by atoms with Crippen LogP contribution in [0.4, 0.5) is 5.95 Å². The number of carboxylic acid groups (broad SMARTS) is 1. The zero-order valence-corrected chi connectivity index (χ0v) is 16.6. The molecule has 1 atom stereocenters. The van der Waals surface area contributed by atoms with Crippen molar-refractivity contribution in [2.75, 3.05) is 31.1 Å². The first-order chi connectivity index (χ1) is 13.0. The van der Waals surface area contributed by atoms with Crippen molar-refractivity contribution in [1.29, 1.82) is 0 Å². The Hall–Kier alpha value is -2.16. The highest BCUT2D eigenvalue weighted by Crippen LogP contribution is 2.31. The lowest BCUT2D eigenvalue weighted by atomic mass is 10.0. The van der Waals surface area contributed by atoms with Crippen LogP contribution in [0.2, 0.25) is 5.02 Å². The molecular weight excluding hydrogens is 434 g/mol. The maximum Gasteiger partial charge on any atom is 0.325 e. The number of halogens is 2. The van der Waals surface area contributed by atoms with Crippen molar-refractivity contribution in [3.8, 4) is 0 Å². The maximum absolute atomic E-state index is 12.1. The Morgan fingerprint density at radius 1 is 1.22 bits per heavy atom. The molecule has 1 fully saturated rings. The minimum atomic E-state index is -0.871. The van der Waals surface area contributed by atoms with Crippen LogP contribution >= 0.6 is 27.5 Å². The van der Waals surface area contributed by atoms with Crippen LogP contribution in [0.1, 0.15) is 11.6 Å². The van der Waals surface area contributed by atoms with Gasteiger partial charge in [-0.3, -0.25) is 9.69 Å². The third kappa shape index (κ3) is 3.65. The summed E-state index contributed by atoms with van der Waals surface area (Å²) in [5.41, 5.74) is 1.61. The number of aromatic amines is 1. The van der Waals surface area contributed by atoms with E-state index in [-0.39, 0.29) is 0 Å². The molecule has 0 bridgehead atoms. The number of nitrogens with one attached hydrogen (secondary N) is 1. The number of carboxylic acids is 1. The standard InChI is InChI=1S/C18H17BrClN5O2/c19-11-8-22-18(23-9-11)25-5-3-24(4-6-25)16(17(26)27)14-10-21-15-2-1-12(20)7-13(14)15/h1-2,7-10,16,21H,3-6H2,(H,26,27)/t16-/m0/s1. The average molecular weight is 451 g/mol. The number of hydrogen-bond donors (Lipinski definition) is 2. The molecule has 1 saturated heterocycles. The summed E-state index contributed by atoms with van der Waals surface area (Å²) in [5, 5.41) is 11.3. The van der Waals surface area contributed by atoms with Gasteiger partial charge in [-0.1, -0.05) is 11.6 Å². The van der Waals surface area contributed by atoms with Crippen LogP contribution in [-0.4, -0.2) is 57.1 Å². The number of aromatic nitrogens is 3. The molecule has 7 nitrogen and oxygen atoms in total. The summed E-state index contributed by atoms with van der Waals surface area (Å²) in [6, 6.07) is 4.73. The van der Waals surface area contributed by atoms with Crippen molar-refractivity contribution in [3.05, 3.63) is 51.8 Å². The normalized spacial score (nSPS) is 16.6. The largest absolute Gasteiger partial charge is 0.480 e. The first kappa shape index (κ1) is 18.2. The van der Waals surface area contributed by atoms with E-state index in [1.807, 2.05) is 17.0 Å². The first-order valence-corrected chi connectivity index (χ1v) is 9.66. The van der Waals surface area contributed by atoms with E-state index in [1.54, 1.807) is 24.7 Å². The van der Waals surface area contributed by atoms with Gasteiger partial charge in [0.25, 0.3) is 0 Å². The lowest BCUT2D eigenvalue weighted by molar-refractivity contribution is -0.143. The predicted octanol–water partition coefficient (Wildman–Crippen LogP) is 3.32. The van der Waals surface area contributed by atoms with Gasteiger partial charge in [0.1, 0.15) is 6.04 Å². The quantitative estimate of drug-likeness (QED) is 0.634. The topological polar surface area (TPSA) is 85.4 Å². The van der Waals surface area contributed by atoms with Gasteiger partial charge in [-0.15, -0.1) is 0 Å². The second-order valence-electron chi connectivity index (χ2n) is 6.40. The summed E-state index contributed by atoms with van der Waals surface area (Å²) in [5.74, 6) is -0.215. The Morgan fingerprint density at radius 2 is 1.93 bits per heavy atom. The molecule has 0 aliphatic carbocycles. The molecule has 0 radical (unpaired) electrons. The highest BCUT2D eigenvalue weighted by atomic mass is 79.9. The van der Waals surface area contributed by atoms with Gasteiger partial charge in [-0.2, -0.15) is 0 Å². The summed E-state index contributed by atoms with van der Waals surface area (Å²) in [6.07, 6.45) is 5.19. The first-order valence-electron chi connectivity index (χ1n) is 8.49. The molecule has 3 aromatic rings. The Balaban J connectivity index is 1.56. The number of hydrogen-bond acceptors (Lipinski definition) is 5. The molecule has 1 aliphatic rings. The van der Waals surface area contributed by atoms with Crippen molar-refractivity contribution in [2.45, 2.75) is 6.04 Å². The lowest BCUT2D eigenvalue weighted by Gasteiger charge is -2.37. The van der Waals surface area contributed by atoms with Gasteiger partial charge < -0.3 is 15.0 Å². The Morgan fingerprint density at radius 3 is 2.59 bits per heavy atom. The van der Waals surface area contributed by atoms with Gasteiger partial charge >= 0.3 is 5.97 Å². The summed E-state index contributed by atoms with van der Waals surface area (Å²) in [4.78, 5) is 27.9. The Bertz CT molecular complexity index is 970.